The highest BCUT2D eigenvalue weighted by atomic mass is 32.2. The van der Waals surface area contributed by atoms with Gasteiger partial charge in [0.1, 0.15) is 0 Å². The number of nitrogens with one attached hydrogen (secondary N) is 2. The molecule has 3 heterocycles. The Labute approximate surface area is 183 Å². The standard InChI is InChI=1S/C22H29N5O3S/c1-16-5-6-20(17(2)13-16)31(29,30)25-19-14-18(22(28)27-9-3-4-10-27)15-24-21(19)26-11-7-23-8-12-26/h5-6,13-15,23,25H,3-4,7-12H2,1-2H3. The molecule has 0 aliphatic carbocycles. The summed E-state index contributed by atoms with van der Waals surface area (Å²) >= 11 is 0. The van der Waals surface area contributed by atoms with Crippen LogP contribution in [0.4, 0.5) is 11.5 Å². The number of carbonyl (C=O) groups excluding carboxylic acids is 1. The van der Waals surface area contributed by atoms with Gasteiger partial charge in [-0.1, -0.05) is 17.7 Å². The van der Waals surface area contributed by atoms with E-state index >= 15 is 0 Å². The summed E-state index contributed by atoms with van der Waals surface area (Å²) in [6.45, 7) is 8.17. The van der Waals surface area contributed by atoms with Gasteiger partial charge in [0.2, 0.25) is 0 Å². The maximum Gasteiger partial charge on any atom is 0.262 e. The molecule has 9 heteroatoms. The molecular weight excluding hydrogens is 414 g/mol. The molecule has 166 valence electrons. The van der Waals surface area contributed by atoms with Crippen molar-refractivity contribution in [2.24, 2.45) is 0 Å². The van der Waals surface area contributed by atoms with Crippen LogP contribution in [0, 0.1) is 13.8 Å². The molecule has 4 rings (SSSR count). The Morgan fingerprint density at radius 2 is 1.77 bits per heavy atom. The number of piperazine rings is 1. The van der Waals surface area contributed by atoms with Crippen LogP contribution in [-0.4, -0.2) is 63.5 Å². The van der Waals surface area contributed by atoms with Gasteiger partial charge in [-0.05, 0) is 44.4 Å². The summed E-state index contributed by atoms with van der Waals surface area (Å²) in [6.07, 6.45) is 3.54. The molecule has 2 aromatic rings. The highest BCUT2D eigenvalue weighted by Crippen LogP contribution is 2.29. The number of aryl methyl sites for hydroxylation is 2. The van der Waals surface area contributed by atoms with E-state index in [4.69, 9.17) is 0 Å². The first-order valence-electron chi connectivity index (χ1n) is 10.7. The molecular formula is C22H29N5O3S. The van der Waals surface area contributed by atoms with E-state index in [-0.39, 0.29) is 10.8 Å². The highest BCUT2D eigenvalue weighted by Gasteiger charge is 2.25. The third-order valence-electron chi connectivity index (χ3n) is 5.79. The summed E-state index contributed by atoms with van der Waals surface area (Å²) in [5.41, 5.74) is 2.41. The smallest absolute Gasteiger partial charge is 0.262 e. The second kappa shape index (κ2) is 8.84. The number of rotatable bonds is 5. The molecule has 8 nitrogen and oxygen atoms in total. The fourth-order valence-corrected chi connectivity index (χ4v) is 5.46. The fourth-order valence-electron chi connectivity index (χ4n) is 4.18. The van der Waals surface area contributed by atoms with Crippen LogP contribution in [0.1, 0.15) is 34.3 Å². The topological polar surface area (TPSA) is 94.6 Å². The second-order valence-corrected chi connectivity index (χ2v) is 9.86. The highest BCUT2D eigenvalue weighted by molar-refractivity contribution is 7.92. The zero-order chi connectivity index (χ0) is 22.0. The number of anilines is 2. The SMILES string of the molecule is Cc1ccc(S(=O)(=O)Nc2cc(C(=O)N3CCCC3)cnc2N2CCNCC2)c(C)c1. The first-order chi connectivity index (χ1) is 14.8. The minimum absolute atomic E-state index is 0.108. The molecule has 2 fully saturated rings. The zero-order valence-corrected chi connectivity index (χ0v) is 18.8. The number of aromatic nitrogens is 1. The Hall–Kier alpha value is -2.65. The summed E-state index contributed by atoms with van der Waals surface area (Å²) in [4.78, 5) is 21.5. The van der Waals surface area contributed by atoms with Crippen molar-refractivity contribution in [3.8, 4) is 0 Å². The third kappa shape index (κ3) is 4.67. The van der Waals surface area contributed by atoms with Gasteiger partial charge in [-0.15, -0.1) is 0 Å². The van der Waals surface area contributed by atoms with E-state index < -0.39 is 10.0 Å². The molecule has 1 amide bonds. The first kappa shape index (κ1) is 21.6. The number of sulfonamides is 1. The summed E-state index contributed by atoms with van der Waals surface area (Å²) in [6, 6.07) is 6.87. The van der Waals surface area contributed by atoms with E-state index in [1.807, 2.05) is 17.9 Å². The van der Waals surface area contributed by atoms with Crippen molar-refractivity contribution >= 4 is 27.4 Å². The molecule has 0 bridgehead atoms. The van der Waals surface area contributed by atoms with Crippen molar-refractivity contribution in [1.29, 1.82) is 0 Å². The predicted molar refractivity (Wildman–Crippen MR) is 121 cm³/mol. The minimum atomic E-state index is -3.84. The maximum atomic E-state index is 13.2. The molecule has 2 aliphatic heterocycles. The van der Waals surface area contributed by atoms with Crippen molar-refractivity contribution < 1.29 is 13.2 Å². The molecule has 2 N–H and O–H groups in total. The van der Waals surface area contributed by atoms with Crippen LogP contribution in [0.5, 0.6) is 0 Å². The zero-order valence-electron chi connectivity index (χ0n) is 18.0. The predicted octanol–water partition coefficient (Wildman–Crippen LogP) is 2.14. The van der Waals surface area contributed by atoms with Crippen molar-refractivity contribution in [2.75, 3.05) is 48.9 Å². The summed E-state index contributed by atoms with van der Waals surface area (Å²) in [5, 5.41) is 3.29. The molecule has 2 aliphatic rings. The van der Waals surface area contributed by atoms with Gasteiger partial charge >= 0.3 is 0 Å². The Bertz CT molecular complexity index is 1070. The van der Waals surface area contributed by atoms with E-state index in [1.165, 1.54) is 0 Å². The van der Waals surface area contributed by atoms with Gasteiger partial charge in [-0.2, -0.15) is 0 Å². The monoisotopic (exact) mass is 443 g/mol. The van der Waals surface area contributed by atoms with E-state index in [0.717, 1.165) is 44.6 Å². The average Bonchev–Trinajstić information content (AvgIpc) is 3.28. The molecule has 31 heavy (non-hydrogen) atoms. The van der Waals surface area contributed by atoms with Gasteiger partial charge in [-0.3, -0.25) is 9.52 Å². The number of pyridine rings is 1. The lowest BCUT2D eigenvalue weighted by Crippen LogP contribution is -2.44. The molecule has 1 aromatic heterocycles. The van der Waals surface area contributed by atoms with Crippen LogP contribution in [-0.2, 0) is 10.0 Å². The van der Waals surface area contributed by atoms with Crippen LogP contribution < -0.4 is 14.9 Å². The number of carbonyl (C=O) groups is 1. The van der Waals surface area contributed by atoms with Crippen LogP contribution >= 0.6 is 0 Å². The quantitative estimate of drug-likeness (QED) is 0.735. The Balaban J connectivity index is 1.71. The molecule has 1 aromatic carbocycles. The molecule has 0 saturated carbocycles. The second-order valence-electron chi connectivity index (χ2n) is 8.21. The lowest BCUT2D eigenvalue weighted by Gasteiger charge is -2.30. The Morgan fingerprint density at radius 1 is 1.06 bits per heavy atom. The number of benzene rings is 1. The third-order valence-corrected chi connectivity index (χ3v) is 7.31. The number of hydrogen-bond donors (Lipinski definition) is 2. The molecule has 0 atom stereocenters. The molecule has 0 spiro atoms. The van der Waals surface area contributed by atoms with Crippen molar-refractivity contribution in [2.45, 2.75) is 31.6 Å². The van der Waals surface area contributed by atoms with Crippen molar-refractivity contribution in [1.82, 2.24) is 15.2 Å². The van der Waals surface area contributed by atoms with Crippen molar-refractivity contribution in [3.63, 3.8) is 0 Å². The van der Waals surface area contributed by atoms with Gasteiger partial charge in [0, 0.05) is 45.5 Å². The molecule has 2 saturated heterocycles. The van der Waals surface area contributed by atoms with Gasteiger partial charge in [0.05, 0.1) is 16.1 Å². The van der Waals surface area contributed by atoms with E-state index in [9.17, 15) is 13.2 Å². The van der Waals surface area contributed by atoms with Gasteiger partial charge in [0.15, 0.2) is 5.82 Å². The van der Waals surface area contributed by atoms with Gasteiger partial charge in [0.25, 0.3) is 15.9 Å². The Morgan fingerprint density at radius 3 is 2.45 bits per heavy atom. The van der Waals surface area contributed by atoms with Crippen molar-refractivity contribution in [3.05, 3.63) is 47.2 Å². The number of likely N-dealkylation sites (tertiary alicyclic amines) is 1. The summed E-state index contributed by atoms with van der Waals surface area (Å²) in [7, 11) is -3.84. The fraction of sp³-hybridized carbons (Fsp3) is 0.455. The number of nitrogens with zero attached hydrogens (tertiary/aromatic N) is 3. The van der Waals surface area contributed by atoms with E-state index in [2.05, 4.69) is 15.0 Å². The summed E-state index contributed by atoms with van der Waals surface area (Å²) < 4.78 is 29.2. The summed E-state index contributed by atoms with van der Waals surface area (Å²) in [5.74, 6) is 0.441. The number of amides is 1. The van der Waals surface area contributed by atoms with Gasteiger partial charge < -0.3 is 15.1 Å². The Kier molecular flexibility index (Phi) is 6.15. The van der Waals surface area contributed by atoms with Crippen LogP contribution in [0.2, 0.25) is 0 Å². The first-order valence-corrected chi connectivity index (χ1v) is 12.2. The lowest BCUT2D eigenvalue weighted by molar-refractivity contribution is 0.0792. The van der Waals surface area contributed by atoms with Crippen LogP contribution in [0.3, 0.4) is 0 Å². The normalized spacial score (nSPS) is 17.1. The molecule has 0 radical (unpaired) electrons. The van der Waals surface area contributed by atoms with E-state index in [0.29, 0.717) is 35.7 Å². The average molecular weight is 444 g/mol. The number of hydrogen-bond acceptors (Lipinski definition) is 6. The van der Waals surface area contributed by atoms with Crippen LogP contribution in [0.15, 0.2) is 35.4 Å². The maximum absolute atomic E-state index is 13.2. The largest absolute Gasteiger partial charge is 0.352 e. The lowest BCUT2D eigenvalue weighted by atomic mass is 10.2. The minimum Gasteiger partial charge on any atom is -0.352 e. The van der Waals surface area contributed by atoms with E-state index in [1.54, 1.807) is 36.2 Å². The van der Waals surface area contributed by atoms with Crippen LogP contribution in [0.25, 0.3) is 0 Å². The molecule has 0 unspecified atom stereocenters. The van der Waals surface area contributed by atoms with Gasteiger partial charge in [-0.25, -0.2) is 13.4 Å².